The van der Waals surface area contributed by atoms with E-state index in [1.807, 2.05) is 24.4 Å². The second-order valence-corrected chi connectivity index (χ2v) is 6.01. The minimum atomic E-state index is 0.213. The van der Waals surface area contributed by atoms with Crippen LogP contribution in [0.3, 0.4) is 0 Å². The zero-order valence-corrected chi connectivity index (χ0v) is 11.8. The molecule has 0 bridgehead atoms. The molecule has 2 aromatic rings. The molecule has 19 heavy (non-hydrogen) atoms. The quantitative estimate of drug-likeness (QED) is 0.543. The van der Waals surface area contributed by atoms with E-state index in [1.54, 1.807) is 11.3 Å². The van der Waals surface area contributed by atoms with Crippen LogP contribution in [0.5, 0.6) is 0 Å². The van der Waals surface area contributed by atoms with Gasteiger partial charge in [0, 0.05) is 16.0 Å². The molecule has 3 rings (SSSR count). The normalized spacial score (nSPS) is 17.3. The van der Waals surface area contributed by atoms with E-state index in [0.29, 0.717) is 0 Å². The molecule has 0 spiro atoms. The lowest BCUT2D eigenvalue weighted by Crippen LogP contribution is -2.03. The van der Waals surface area contributed by atoms with Crippen LogP contribution in [0, 0.1) is 6.92 Å². The summed E-state index contributed by atoms with van der Waals surface area (Å²) in [6.45, 7) is 2.04. The number of Topliss-reactive ketones (excluding diaryl/α,β-unsaturated/α-hetero) is 1. The summed E-state index contributed by atoms with van der Waals surface area (Å²) in [5.41, 5.74) is 4.21. The van der Waals surface area contributed by atoms with Crippen molar-refractivity contribution in [3.8, 4) is 0 Å². The molecule has 0 fully saturated rings. The first kappa shape index (κ1) is 12.4. The van der Waals surface area contributed by atoms with E-state index in [1.165, 1.54) is 10.4 Å². The number of rotatable bonds is 1. The zero-order valence-electron chi connectivity index (χ0n) is 11.0. The van der Waals surface area contributed by atoms with Crippen LogP contribution in [0.1, 0.15) is 39.2 Å². The predicted octanol–water partition coefficient (Wildman–Crippen LogP) is 4.66. The number of carbonyl (C=O) groups excluding carboxylic acids is 1. The summed E-state index contributed by atoms with van der Waals surface area (Å²) in [5, 5.41) is 2.05. The molecule has 1 aliphatic carbocycles. The standard InChI is InChI=1S/C17H16OS/c1-12-7-8-13-4-2-5-14(17(18)16(13)10-12)11-15-6-3-9-19-15/h3,6-11H,2,4-5H2,1H3/b14-11-. The Bertz CT molecular complexity index is 635. The van der Waals surface area contributed by atoms with Gasteiger partial charge in [0.1, 0.15) is 0 Å². The number of thiophene rings is 1. The van der Waals surface area contributed by atoms with Gasteiger partial charge in [-0.25, -0.2) is 0 Å². The Morgan fingerprint density at radius 2 is 2.11 bits per heavy atom. The Balaban J connectivity index is 2.04. The minimum absolute atomic E-state index is 0.213. The Labute approximate surface area is 117 Å². The van der Waals surface area contributed by atoms with Crippen LogP contribution in [0.15, 0.2) is 41.3 Å². The fraction of sp³-hybridized carbons (Fsp3) is 0.235. The van der Waals surface area contributed by atoms with Gasteiger partial charge in [-0.15, -0.1) is 11.3 Å². The SMILES string of the molecule is Cc1ccc2c(c1)C(=O)/C(=C\c1cccs1)CCC2. The van der Waals surface area contributed by atoms with Gasteiger partial charge in [-0.2, -0.15) is 0 Å². The Morgan fingerprint density at radius 3 is 2.89 bits per heavy atom. The third-order valence-electron chi connectivity index (χ3n) is 3.55. The number of allylic oxidation sites excluding steroid dienone is 1. The van der Waals surface area contributed by atoms with E-state index in [9.17, 15) is 4.79 Å². The van der Waals surface area contributed by atoms with Crippen molar-refractivity contribution in [2.24, 2.45) is 0 Å². The van der Waals surface area contributed by atoms with Crippen molar-refractivity contribution < 1.29 is 4.79 Å². The van der Waals surface area contributed by atoms with Crippen LogP contribution in [0.2, 0.25) is 0 Å². The third-order valence-corrected chi connectivity index (χ3v) is 4.37. The monoisotopic (exact) mass is 268 g/mol. The average molecular weight is 268 g/mol. The number of aryl methyl sites for hydroxylation is 2. The van der Waals surface area contributed by atoms with Crippen LogP contribution in [-0.4, -0.2) is 5.78 Å². The van der Waals surface area contributed by atoms with E-state index in [0.717, 1.165) is 36.0 Å². The molecule has 0 radical (unpaired) electrons. The van der Waals surface area contributed by atoms with Crippen molar-refractivity contribution in [2.45, 2.75) is 26.2 Å². The fourth-order valence-corrected chi connectivity index (χ4v) is 3.24. The lowest BCUT2D eigenvalue weighted by molar-refractivity contribution is 0.103. The second kappa shape index (κ2) is 5.14. The predicted molar refractivity (Wildman–Crippen MR) is 80.7 cm³/mol. The molecule has 96 valence electrons. The minimum Gasteiger partial charge on any atom is -0.289 e. The van der Waals surface area contributed by atoms with E-state index >= 15 is 0 Å². The lowest BCUT2D eigenvalue weighted by atomic mass is 9.98. The highest BCUT2D eigenvalue weighted by Gasteiger charge is 2.19. The van der Waals surface area contributed by atoms with Gasteiger partial charge in [0.15, 0.2) is 5.78 Å². The zero-order chi connectivity index (χ0) is 13.2. The van der Waals surface area contributed by atoms with Gasteiger partial charge in [0.05, 0.1) is 0 Å². The first-order valence-corrected chi connectivity index (χ1v) is 7.50. The first-order valence-electron chi connectivity index (χ1n) is 6.62. The van der Waals surface area contributed by atoms with E-state index in [-0.39, 0.29) is 5.78 Å². The topological polar surface area (TPSA) is 17.1 Å². The second-order valence-electron chi connectivity index (χ2n) is 5.03. The maximum Gasteiger partial charge on any atom is 0.189 e. The number of hydrogen-bond acceptors (Lipinski definition) is 2. The van der Waals surface area contributed by atoms with Crippen molar-refractivity contribution in [1.82, 2.24) is 0 Å². The third kappa shape index (κ3) is 2.54. The summed E-state index contributed by atoms with van der Waals surface area (Å²) in [7, 11) is 0. The Hall–Kier alpha value is -1.67. The molecule has 1 heterocycles. The van der Waals surface area contributed by atoms with Crippen molar-refractivity contribution in [3.05, 3.63) is 62.9 Å². The molecule has 1 aromatic carbocycles. The van der Waals surface area contributed by atoms with Crippen molar-refractivity contribution >= 4 is 23.2 Å². The summed E-state index contributed by atoms with van der Waals surface area (Å²) in [6.07, 6.45) is 5.00. The maximum absolute atomic E-state index is 12.7. The average Bonchev–Trinajstić information content (AvgIpc) is 2.86. The van der Waals surface area contributed by atoms with Crippen molar-refractivity contribution in [1.29, 1.82) is 0 Å². The van der Waals surface area contributed by atoms with Crippen molar-refractivity contribution in [2.75, 3.05) is 0 Å². The maximum atomic E-state index is 12.7. The summed E-state index contributed by atoms with van der Waals surface area (Å²) >= 11 is 1.68. The van der Waals surface area contributed by atoms with Gasteiger partial charge in [-0.1, -0.05) is 23.8 Å². The molecule has 1 nitrogen and oxygen atoms in total. The highest BCUT2D eigenvalue weighted by atomic mass is 32.1. The number of hydrogen-bond donors (Lipinski definition) is 0. The molecular formula is C17H16OS. The molecule has 0 amide bonds. The van der Waals surface area contributed by atoms with Crippen LogP contribution in [-0.2, 0) is 6.42 Å². The lowest BCUT2D eigenvalue weighted by Gasteiger charge is -2.06. The number of benzene rings is 1. The van der Waals surface area contributed by atoms with Gasteiger partial charge < -0.3 is 0 Å². The number of ketones is 1. The van der Waals surface area contributed by atoms with Gasteiger partial charge in [-0.3, -0.25) is 4.79 Å². The van der Waals surface area contributed by atoms with E-state index in [4.69, 9.17) is 0 Å². The van der Waals surface area contributed by atoms with E-state index < -0.39 is 0 Å². The highest BCUT2D eigenvalue weighted by molar-refractivity contribution is 7.10. The largest absolute Gasteiger partial charge is 0.289 e. The van der Waals surface area contributed by atoms with Gasteiger partial charge >= 0.3 is 0 Å². The van der Waals surface area contributed by atoms with Crippen LogP contribution >= 0.6 is 11.3 Å². The summed E-state index contributed by atoms with van der Waals surface area (Å²) in [4.78, 5) is 13.8. The molecule has 1 aliphatic rings. The van der Waals surface area contributed by atoms with Gasteiger partial charge in [-0.05, 0) is 55.3 Å². The summed E-state index contributed by atoms with van der Waals surface area (Å²) in [6, 6.07) is 10.3. The van der Waals surface area contributed by atoms with E-state index in [2.05, 4.69) is 24.3 Å². The molecule has 0 saturated carbocycles. The molecular weight excluding hydrogens is 252 g/mol. The number of fused-ring (bicyclic) bond motifs is 1. The molecule has 0 unspecified atom stereocenters. The molecule has 1 aromatic heterocycles. The Kier molecular flexibility index (Phi) is 3.34. The Morgan fingerprint density at radius 1 is 1.21 bits per heavy atom. The number of carbonyl (C=O) groups is 1. The molecule has 0 saturated heterocycles. The first-order chi connectivity index (χ1) is 9.24. The van der Waals surface area contributed by atoms with Crippen LogP contribution in [0.4, 0.5) is 0 Å². The molecule has 0 aliphatic heterocycles. The van der Waals surface area contributed by atoms with Crippen molar-refractivity contribution in [3.63, 3.8) is 0 Å². The van der Waals surface area contributed by atoms with Gasteiger partial charge in [0.25, 0.3) is 0 Å². The molecule has 2 heteroatoms. The fourth-order valence-electron chi connectivity index (χ4n) is 2.56. The smallest absolute Gasteiger partial charge is 0.189 e. The van der Waals surface area contributed by atoms with Crippen LogP contribution in [0.25, 0.3) is 6.08 Å². The summed E-state index contributed by atoms with van der Waals surface area (Å²) < 4.78 is 0. The molecule has 0 N–H and O–H groups in total. The summed E-state index contributed by atoms with van der Waals surface area (Å²) in [5.74, 6) is 0.213. The van der Waals surface area contributed by atoms with Gasteiger partial charge in [0.2, 0.25) is 0 Å². The highest BCUT2D eigenvalue weighted by Crippen LogP contribution is 2.27. The molecule has 0 atom stereocenters. The van der Waals surface area contributed by atoms with Crippen LogP contribution < -0.4 is 0 Å².